The van der Waals surface area contributed by atoms with Crippen molar-refractivity contribution in [1.29, 1.82) is 0 Å². The van der Waals surface area contributed by atoms with Crippen LogP contribution in [0.2, 0.25) is 0 Å². The Hall–Kier alpha value is -0.730. The second-order valence-electron chi connectivity index (χ2n) is 1.17. The van der Waals surface area contributed by atoms with Gasteiger partial charge in [0.25, 0.3) is 0 Å². The molecule has 3 nitrogen and oxygen atoms in total. The predicted molar refractivity (Wildman–Crippen MR) is 26.1 cm³/mol. The first-order valence-corrected chi connectivity index (χ1v) is 1.80. The van der Waals surface area contributed by atoms with Gasteiger partial charge in [0.15, 0.2) is 0 Å². The van der Waals surface area contributed by atoms with Crippen LogP contribution >= 0.6 is 0 Å². The van der Waals surface area contributed by atoms with Crippen molar-refractivity contribution in [2.24, 2.45) is 0 Å². The van der Waals surface area contributed by atoms with Gasteiger partial charge in [0, 0.05) is 15.4 Å². The molecule has 0 aromatic heterocycles. The average molecular weight is 104 g/mol. The lowest BCUT2D eigenvalue weighted by atomic mass is 10.9. The molecule has 0 aromatic rings. The summed E-state index contributed by atoms with van der Waals surface area (Å²) in [5.41, 5.74) is 0. The van der Waals surface area contributed by atoms with Crippen LogP contribution in [0.4, 0.5) is 4.79 Å². The Balaban J connectivity index is 3.46. The fourth-order valence-electron chi connectivity index (χ4n) is 0.156. The Bertz CT molecular complexity index is 86.1. The number of ether oxygens (including phenoxy) is 1. The van der Waals surface area contributed by atoms with Crippen molar-refractivity contribution in [3.63, 3.8) is 0 Å². The summed E-state index contributed by atoms with van der Waals surface area (Å²) in [5, 5.41) is 0. The van der Waals surface area contributed by atoms with Gasteiger partial charge in [-0.05, 0) is 0 Å². The zero-order valence-electron chi connectivity index (χ0n) is 5.47. The maximum absolute atomic E-state index is 10.3. The van der Waals surface area contributed by atoms with Crippen LogP contribution < -0.4 is 0 Å². The summed E-state index contributed by atoms with van der Waals surface area (Å²) < 4.78 is 10.9. The van der Waals surface area contributed by atoms with Crippen LogP contribution in [0.25, 0.3) is 0 Å². The number of amides is 1. The normalized spacial score (nSPS) is 9.71. The standard InChI is InChI=1S/C4H9NO2/c1-5(2)4(6)7-3/h1-3H3/i1D. The number of hydrogen-bond donors (Lipinski definition) is 0. The van der Waals surface area contributed by atoms with Gasteiger partial charge in [-0.25, -0.2) is 4.79 Å². The lowest BCUT2D eigenvalue weighted by Gasteiger charge is -2.05. The second-order valence-corrected chi connectivity index (χ2v) is 1.17. The van der Waals surface area contributed by atoms with E-state index in [2.05, 4.69) is 4.74 Å². The molecule has 3 heteroatoms. The summed E-state index contributed by atoms with van der Waals surface area (Å²) in [5.74, 6) is 0. The molecule has 0 rings (SSSR count). The quantitative estimate of drug-likeness (QED) is 0.442. The minimum atomic E-state index is -0.472. The molecule has 0 aliphatic rings. The van der Waals surface area contributed by atoms with Crippen LogP contribution in [0.5, 0.6) is 0 Å². The molecule has 0 bridgehead atoms. The highest BCUT2D eigenvalue weighted by Gasteiger charge is 1.97. The SMILES string of the molecule is [2H]CN(C)C(=O)OC. The first kappa shape index (κ1) is 4.43. The van der Waals surface area contributed by atoms with E-state index in [9.17, 15) is 4.79 Å². The van der Waals surface area contributed by atoms with Crippen LogP contribution in [0.1, 0.15) is 1.37 Å². The number of rotatable bonds is 0. The molecule has 0 spiro atoms. The summed E-state index contributed by atoms with van der Waals surface area (Å²) in [7, 11) is 2.72. The number of nitrogens with zero attached hydrogens (tertiary/aromatic N) is 1. The number of carbonyl (C=O) groups excluding carboxylic acids is 1. The van der Waals surface area contributed by atoms with E-state index in [4.69, 9.17) is 1.37 Å². The van der Waals surface area contributed by atoms with Gasteiger partial charge in [-0.3, -0.25) is 0 Å². The topological polar surface area (TPSA) is 29.5 Å². The summed E-state index contributed by atoms with van der Waals surface area (Å²) in [4.78, 5) is 11.5. The highest BCUT2D eigenvalue weighted by molar-refractivity contribution is 5.66. The molecule has 0 saturated heterocycles. The van der Waals surface area contributed by atoms with Gasteiger partial charge in [0.2, 0.25) is 0 Å². The van der Waals surface area contributed by atoms with Gasteiger partial charge in [-0.15, -0.1) is 0 Å². The summed E-state index contributed by atoms with van der Waals surface area (Å²) in [6.45, 7) is 0. The van der Waals surface area contributed by atoms with E-state index in [1.165, 1.54) is 14.2 Å². The highest BCUT2D eigenvalue weighted by atomic mass is 16.5. The maximum Gasteiger partial charge on any atom is 0.408 e. The molecular weight excluding hydrogens is 94.0 g/mol. The van der Waals surface area contributed by atoms with E-state index >= 15 is 0 Å². The third-order valence-corrected chi connectivity index (χ3v) is 0.486. The van der Waals surface area contributed by atoms with E-state index in [1.807, 2.05) is 0 Å². The maximum atomic E-state index is 10.3. The van der Waals surface area contributed by atoms with Gasteiger partial charge >= 0.3 is 6.09 Å². The van der Waals surface area contributed by atoms with Crippen molar-refractivity contribution in [2.75, 3.05) is 21.2 Å². The van der Waals surface area contributed by atoms with Crippen molar-refractivity contribution in [3.8, 4) is 0 Å². The molecule has 0 N–H and O–H groups in total. The highest BCUT2D eigenvalue weighted by Crippen LogP contribution is 1.78. The van der Waals surface area contributed by atoms with Crippen LogP contribution in [0, 0.1) is 0 Å². The van der Waals surface area contributed by atoms with Crippen LogP contribution in [0.3, 0.4) is 0 Å². The van der Waals surface area contributed by atoms with Crippen molar-refractivity contribution in [2.45, 2.75) is 0 Å². The molecule has 0 aromatic carbocycles. The Morgan fingerprint density at radius 1 is 2.00 bits per heavy atom. The molecule has 0 saturated carbocycles. The Labute approximate surface area is 44.3 Å². The van der Waals surface area contributed by atoms with Gasteiger partial charge in [-0.1, -0.05) is 0 Å². The van der Waals surface area contributed by atoms with Gasteiger partial charge in [-0.2, -0.15) is 0 Å². The molecule has 0 heterocycles. The number of carbonyl (C=O) groups is 1. The minimum absolute atomic E-state index is 0.0628. The number of methoxy groups -OCH3 is 1. The van der Waals surface area contributed by atoms with Crippen LogP contribution in [0.15, 0.2) is 0 Å². The summed E-state index contributed by atoms with van der Waals surface area (Å²) >= 11 is 0. The number of hydrogen-bond acceptors (Lipinski definition) is 2. The third kappa shape index (κ3) is 2.03. The second kappa shape index (κ2) is 2.44. The van der Waals surface area contributed by atoms with Crippen LogP contribution in [-0.4, -0.2) is 32.2 Å². The van der Waals surface area contributed by atoms with Crippen molar-refractivity contribution in [3.05, 3.63) is 0 Å². The zero-order chi connectivity index (χ0) is 6.57. The molecule has 7 heavy (non-hydrogen) atoms. The fraction of sp³-hybridized carbons (Fsp3) is 0.750. The van der Waals surface area contributed by atoms with E-state index in [1.54, 1.807) is 0 Å². The smallest absolute Gasteiger partial charge is 0.408 e. The fourth-order valence-corrected chi connectivity index (χ4v) is 0.156. The van der Waals surface area contributed by atoms with Crippen LogP contribution in [-0.2, 0) is 4.74 Å². The molecule has 42 valence electrons. The first-order valence-electron chi connectivity index (χ1n) is 2.51. The summed E-state index contributed by atoms with van der Waals surface area (Å²) in [6.07, 6.45) is -0.472. The molecule has 0 radical (unpaired) electrons. The minimum Gasteiger partial charge on any atom is -0.453 e. The average Bonchev–Trinajstić information content (AvgIpc) is 1.84. The molecule has 0 aliphatic heterocycles. The van der Waals surface area contributed by atoms with E-state index in [-0.39, 0.29) is 7.02 Å². The van der Waals surface area contributed by atoms with E-state index in [0.717, 1.165) is 4.90 Å². The van der Waals surface area contributed by atoms with Crippen molar-refractivity contribution in [1.82, 2.24) is 4.90 Å². The first-order chi connectivity index (χ1) is 3.72. The van der Waals surface area contributed by atoms with E-state index < -0.39 is 6.09 Å². The lowest BCUT2D eigenvalue weighted by molar-refractivity contribution is 0.141. The van der Waals surface area contributed by atoms with Gasteiger partial charge in [0.1, 0.15) is 0 Å². The molecule has 0 aliphatic carbocycles. The largest absolute Gasteiger partial charge is 0.453 e. The monoisotopic (exact) mass is 104 g/mol. The molecule has 0 unspecified atom stereocenters. The van der Waals surface area contributed by atoms with Crippen molar-refractivity contribution < 1.29 is 10.9 Å². The van der Waals surface area contributed by atoms with Crippen molar-refractivity contribution >= 4 is 6.09 Å². The Morgan fingerprint density at radius 2 is 2.57 bits per heavy atom. The van der Waals surface area contributed by atoms with Gasteiger partial charge < -0.3 is 9.64 Å². The molecule has 1 amide bonds. The third-order valence-electron chi connectivity index (χ3n) is 0.486. The Morgan fingerprint density at radius 3 is 2.71 bits per heavy atom. The van der Waals surface area contributed by atoms with E-state index in [0.29, 0.717) is 0 Å². The lowest BCUT2D eigenvalue weighted by Crippen LogP contribution is -2.20. The summed E-state index contributed by atoms with van der Waals surface area (Å²) in [6, 6.07) is 0. The van der Waals surface area contributed by atoms with Gasteiger partial charge in [0.05, 0.1) is 7.11 Å². The molecule has 0 atom stereocenters. The zero-order valence-corrected chi connectivity index (χ0v) is 4.47. The Kier molecular flexibility index (Phi) is 1.55. The predicted octanol–water partition coefficient (Wildman–Crippen LogP) is 0.314. The molecular formula is C4H9NO2. The molecule has 0 fully saturated rings.